The summed E-state index contributed by atoms with van der Waals surface area (Å²) >= 11 is 0. The molecule has 0 amide bonds. The lowest BCUT2D eigenvalue weighted by Gasteiger charge is -2.23. The molecule has 0 aromatic heterocycles. The van der Waals surface area contributed by atoms with E-state index < -0.39 is 0 Å². The zero-order chi connectivity index (χ0) is 9.97. The number of nitrogens with one attached hydrogen (secondary N) is 2. The molecule has 2 aliphatic rings. The maximum absolute atomic E-state index is 10.2. The molecule has 4 atom stereocenters. The molecule has 3 N–H and O–H groups in total. The smallest absolute Gasteiger partial charge is 0.0733 e. The second-order valence-electron chi connectivity index (χ2n) is 4.77. The van der Waals surface area contributed by atoms with Crippen molar-refractivity contribution in [3.05, 3.63) is 0 Å². The second-order valence-corrected chi connectivity index (χ2v) is 4.77. The van der Waals surface area contributed by atoms with Gasteiger partial charge in [-0.25, -0.2) is 0 Å². The molecular weight excluding hydrogens is 176 g/mol. The quantitative estimate of drug-likeness (QED) is 0.613. The molecule has 0 bridgehead atoms. The van der Waals surface area contributed by atoms with Crippen LogP contribution in [0.15, 0.2) is 0 Å². The SMILES string of the molecule is CCC1CNC(C(O)C2CCNC2)C1. The molecule has 82 valence electrons. The fraction of sp³-hybridized carbons (Fsp3) is 1.00. The molecular formula is C11H22N2O. The monoisotopic (exact) mass is 198 g/mol. The molecule has 2 rings (SSSR count). The Balaban J connectivity index is 1.83. The minimum absolute atomic E-state index is 0.137. The first-order valence-corrected chi connectivity index (χ1v) is 5.93. The maximum Gasteiger partial charge on any atom is 0.0733 e. The van der Waals surface area contributed by atoms with E-state index in [1.807, 2.05) is 0 Å². The van der Waals surface area contributed by atoms with E-state index in [-0.39, 0.29) is 6.10 Å². The first-order chi connectivity index (χ1) is 6.81. The van der Waals surface area contributed by atoms with E-state index in [4.69, 9.17) is 0 Å². The van der Waals surface area contributed by atoms with Crippen LogP contribution in [-0.2, 0) is 0 Å². The molecule has 4 unspecified atom stereocenters. The van der Waals surface area contributed by atoms with Crippen LogP contribution < -0.4 is 10.6 Å². The number of hydrogen-bond acceptors (Lipinski definition) is 3. The molecule has 0 aromatic carbocycles. The number of rotatable bonds is 3. The molecule has 0 aliphatic carbocycles. The summed E-state index contributed by atoms with van der Waals surface area (Å²) in [6.07, 6.45) is 3.39. The van der Waals surface area contributed by atoms with Crippen molar-refractivity contribution in [3.63, 3.8) is 0 Å². The van der Waals surface area contributed by atoms with Crippen LogP contribution in [-0.4, -0.2) is 36.9 Å². The van der Waals surface area contributed by atoms with Gasteiger partial charge in [0.25, 0.3) is 0 Å². The highest BCUT2D eigenvalue weighted by Gasteiger charge is 2.34. The molecule has 2 aliphatic heterocycles. The largest absolute Gasteiger partial charge is 0.391 e. The molecule has 3 heteroatoms. The van der Waals surface area contributed by atoms with Crippen molar-refractivity contribution in [2.24, 2.45) is 11.8 Å². The van der Waals surface area contributed by atoms with Gasteiger partial charge in [0.2, 0.25) is 0 Å². The van der Waals surface area contributed by atoms with Gasteiger partial charge >= 0.3 is 0 Å². The van der Waals surface area contributed by atoms with E-state index in [1.165, 1.54) is 6.42 Å². The van der Waals surface area contributed by atoms with Crippen LogP contribution in [0.1, 0.15) is 26.2 Å². The van der Waals surface area contributed by atoms with E-state index in [1.54, 1.807) is 0 Å². The van der Waals surface area contributed by atoms with Crippen LogP contribution in [0, 0.1) is 11.8 Å². The average Bonchev–Trinajstić information content (AvgIpc) is 2.88. The Labute approximate surface area is 86.3 Å². The van der Waals surface area contributed by atoms with Gasteiger partial charge in [0.15, 0.2) is 0 Å². The van der Waals surface area contributed by atoms with Crippen LogP contribution >= 0.6 is 0 Å². The predicted octanol–water partition coefficient (Wildman–Crippen LogP) is 0.345. The maximum atomic E-state index is 10.2. The highest BCUT2D eigenvalue weighted by molar-refractivity contribution is 4.91. The van der Waals surface area contributed by atoms with Gasteiger partial charge in [0, 0.05) is 18.5 Å². The summed E-state index contributed by atoms with van der Waals surface area (Å²) in [6, 6.07) is 0.352. The Morgan fingerprint density at radius 3 is 2.86 bits per heavy atom. The van der Waals surface area contributed by atoms with Crippen molar-refractivity contribution < 1.29 is 5.11 Å². The van der Waals surface area contributed by atoms with Gasteiger partial charge in [0.05, 0.1) is 6.10 Å². The summed E-state index contributed by atoms with van der Waals surface area (Å²) in [7, 11) is 0. The molecule has 0 aromatic rings. The van der Waals surface area contributed by atoms with E-state index >= 15 is 0 Å². The summed E-state index contributed by atoms with van der Waals surface area (Å²) < 4.78 is 0. The number of aliphatic hydroxyl groups is 1. The Bertz CT molecular complexity index is 180. The van der Waals surface area contributed by atoms with E-state index in [0.717, 1.165) is 38.4 Å². The molecule has 14 heavy (non-hydrogen) atoms. The Morgan fingerprint density at radius 1 is 1.43 bits per heavy atom. The Kier molecular flexibility index (Phi) is 3.42. The standard InChI is InChI=1S/C11H22N2O/c1-2-8-5-10(13-6-8)11(14)9-3-4-12-7-9/h8-14H,2-7H2,1H3. The minimum atomic E-state index is -0.137. The van der Waals surface area contributed by atoms with E-state index in [0.29, 0.717) is 12.0 Å². The lowest BCUT2D eigenvalue weighted by molar-refractivity contribution is 0.0820. The zero-order valence-electron chi connectivity index (χ0n) is 9.00. The molecule has 3 nitrogen and oxygen atoms in total. The van der Waals surface area contributed by atoms with Crippen molar-refractivity contribution in [3.8, 4) is 0 Å². The molecule has 0 saturated carbocycles. The van der Waals surface area contributed by atoms with Gasteiger partial charge in [0.1, 0.15) is 0 Å². The lowest BCUT2D eigenvalue weighted by Crippen LogP contribution is -2.40. The summed E-state index contributed by atoms with van der Waals surface area (Å²) in [4.78, 5) is 0. The first kappa shape index (κ1) is 10.4. The average molecular weight is 198 g/mol. The summed E-state index contributed by atoms with van der Waals surface area (Å²) in [5.74, 6) is 1.26. The van der Waals surface area contributed by atoms with Crippen molar-refractivity contribution in [2.75, 3.05) is 19.6 Å². The van der Waals surface area contributed by atoms with Crippen LogP contribution in [0.5, 0.6) is 0 Å². The molecule has 0 spiro atoms. The highest BCUT2D eigenvalue weighted by Crippen LogP contribution is 2.24. The predicted molar refractivity (Wildman–Crippen MR) is 57.2 cm³/mol. The van der Waals surface area contributed by atoms with Crippen LogP contribution in [0.25, 0.3) is 0 Å². The van der Waals surface area contributed by atoms with Gasteiger partial charge in [-0.05, 0) is 31.8 Å². The van der Waals surface area contributed by atoms with Crippen molar-refractivity contribution in [1.82, 2.24) is 10.6 Å². The number of aliphatic hydroxyl groups excluding tert-OH is 1. The van der Waals surface area contributed by atoms with Gasteiger partial charge in [-0.2, -0.15) is 0 Å². The Morgan fingerprint density at radius 2 is 2.29 bits per heavy atom. The molecule has 0 radical (unpaired) electrons. The number of hydrogen-bond donors (Lipinski definition) is 3. The van der Waals surface area contributed by atoms with E-state index in [2.05, 4.69) is 17.6 Å². The summed E-state index contributed by atoms with van der Waals surface area (Å²) in [5.41, 5.74) is 0. The topological polar surface area (TPSA) is 44.3 Å². The van der Waals surface area contributed by atoms with Crippen LogP contribution in [0.4, 0.5) is 0 Å². The van der Waals surface area contributed by atoms with Crippen LogP contribution in [0.3, 0.4) is 0 Å². The lowest BCUT2D eigenvalue weighted by atomic mass is 9.92. The Hall–Kier alpha value is -0.120. The third kappa shape index (κ3) is 2.10. The van der Waals surface area contributed by atoms with Gasteiger partial charge in [-0.15, -0.1) is 0 Å². The first-order valence-electron chi connectivity index (χ1n) is 5.93. The van der Waals surface area contributed by atoms with Crippen LogP contribution in [0.2, 0.25) is 0 Å². The van der Waals surface area contributed by atoms with Gasteiger partial charge in [-0.3, -0.25) is 0 Å². The van der Waals surface area contributed by atoms with Crippen molar-refractivity contribution >= 4 is 0 Å². The van der Waals surface area contributed by atoms with Gasteiger partial charge in [-0.1, -0.05) is 13.3 Å². The van der Waals surface area contributed by atoms with E-state index in [9.17, 15) is 5.11 Å². The van der Waals surface area contributed by atoms with Gasteiger partial charge < -0.3 is 15.7 Å². The van der Waals surface area contributed by atoms with Crippen molar-refractivity contribution in [2.45, 2.75) is 38.3 Å². The zero-order valence-corrected chi connectivity index (χ0v) is 9.00. The molecule has 2 saturated heterocycles. The normalized spacial score (nSPS) is 40.3. The van der Waals surface area contributed by atoms with Crippen molar-refractivity contribution in [1.29, 1.82) is 0 Å². The third-order valence-corrected chi connectivity index (χ3v) is 3.83. The summed E-state index contributed by atoms with van der Waals surface area (Å²) in [5, 5.41) is 16.9. The fourth-order valence-corrected chi connectivity index (χ4v) is 2.71. The molecule has 2 fully saturated rings. The minimum Gasteiger partial charge on any atom is -0.391 e. The second kappa shape index (κ2) is 4.60. The molecule has 2 heterocycles. The fourth-order valence-electron chi connectivity index (χ4n) is 2.71. The highest BCUT2D eigenvalue weighted by atomic mass is 16.3. The third-order valence-electron chi connectivity index (χ3n) is 3.83. The summed E-state index contributed by atoms with van der Waals surface area (Å²) in [6.45, 7) is 5.40.